The molecule has 0 fully saturated rings. The van der Waals surface area contributed by atoms with Crippen molar-refractivity contribution in [1.29, 1.82) is 0 Å². The van der Waals surface area contributed by atoms with Gasteiger partial charge in [0, 0.05) is 5.33 Å². The zero-order chi connectivity index (χ0) is 13.1. The Morgan fingerprint density at radius 1 is 1.41 bits per heavy atom. The maximum absolute atomic E-state index is 12.4. The highest BCUT2D eigenvalue weighted by atomic mass is 79.9. The van der Waals surface area contributed by atoms with Crippen LogP contribution < -0.4 is 0 Å². The Morgan fingerprint density at radius 3 is 2.53 bits per heavy atom. The molecular weight excluding hydrogens is 301 g/mol. The van der Waals surface area contributed by atoms with Gasteiger partial charge in [-0.3, -0.25) is 0 Å². The minimum absolute atomic E-state index is 0.241. The summed E-state index contributed by atoms with van der Waals surface area (Å²) < 4.78 is 37.2. The number of aromatic carboxylic acids is 1. The molecule has 17 heavy (non-hydrogen) atoms. The molecule has 0 aliphatic carbocycles. The minimum Gasteiger partial charge on any atom is -0.478 e. The number of hydrogen-bond acceptors (Lipinski definition) is 1. The van der Waals surface area contributed by atoms with E-state index in [0.29, 0.717) is 11.4 Å². The Kier molecular flexibility index (Phi) is 4.34. The fourth-order valence-corrected chi connectivity index (χ4v) is 1.42. The molecule has 92 valence electrons. The van der Waals surface area contributed by atoms with Crippen LogP contribution in [0.3, 0.4) is 0 Å². The van der Waals surface area contributed by atoms with Gasteiger partial charge in [0.05, 0.1) is 11.1 Å². The summed E-state index contributed by atoms with van der Waals surface area (Å²) in [6.07, 6.45) is -1.48. The van der Waals surface area contributed by atoms with Gasteiger partial charge in [0.25, 0.3) is 0 Å². The monoisotopic (exact) mass is 308 g/mol. The number of carbonyl (C=O) groups is 1. The van der Waals surface area contributed by atoms with Crippen LogP contribution in [0.1, 0.15) is 21.5 Å². The zero-order valence-corrected chi connectivity index (χ0v) is 10.0. The molecule has 6 heteroatoms. The largest absolute Gasteiger partial charge is 0.478 e. The predicted molar refractivity (Wildman–Crippen MR) is 61.2 cm³/mol. The third kappa shape index (κ3) is 3.59. The lowest BCUT2D eigenvalue weighted by Gasteiger charge is -2.09. The minimum atomic E-state index is -4.54. The first-order valence-electron chi connectivity index (χ1n) is 4.53. The van der Waals surface area contributed by atoms with Crippen molar-refractivity contribution in [1.82, 2.24) is 0 Å². The van der Waals surface area contributed by atoms with Gasteiger partial charge in [0.2, 0.25) is 0 Å². The van der Waals surface area contributed by atoms with Crippen molar-refractivity contribution in [3.63, 3.8) is 0 Å². The van der Waals surface area contributed by atoms with Crippen molar-refractivity contribution in [2.75, 3.05) is 5.33 Å². The third-order valence-corrected chi connectivity index (χ3v) is 2.37. The van der Waals surface area contributed by atoms with Gasteiger partial charge < -0.3 is 5.11 Å². The van der Waals surface area contributed by atoms with Gasteiger partial charge in [-0.05, 0) is 17.7 Å². The molecule has 0 spiro atoms. The van der Waals surface area contributed by atoms with Crippen LogP contribution in [-0.2, 0) is 6.18 Å². The molecule has 1 rings (SSSR count). The molecule has 0 atom stereocenters. The van der Waals surface area contributed by atoms with Gasteiger partial charge in [-0.2, -0.15) is 13.2 Å². The van der Waals surface area contributed by atoms with Crippen molar-refractivity contribution in [3.8, 4) is 0 Å². The van der Waals surface area contributed by atoms with Crippen molar-refractivity contribution in [3.05, 3.63) is 41.0 Å². The smallest absolute Gasteiger partial charge is 0.416 e. The SMILES string of the molecule is O=C(O)c1cc(C(F)(F)F)ccc1C=CCBr. The fraction of sp³-hybridized carbons (Fsp3) is 0.182. The normalized spacial score (nSPS) is 12.0. The van der Waals surface area contributed by atoms with E-state index in [1.54, 1.807) is 6.08 Å². The summed E-state index contributed by atoms with van der Waals surface area (Å²) in [5.41, 5.74) is -1.09. The van der Waals surface area contributed by atoms with E-state index in [0.717, 1.165) is 12.1 Å². The van der Waals surface area contributed by atoms with Crippen LogP contribution in [0.15, 0.2) is 24.3 Å². The van der Waals surface area contributed by atoms with Crippen LogP contribution in [0.5, 0.6) is 0 Å². The second-order valence-electron chi connectivity index (χ2n) is 3.16. The van der Waals surface area contributed by atoms with Crippen molar-refractivity contribution < 1.29 is 23.1 Å². The number of allylic oxidation sites excluding steroid dienone is 1. The van der Waals surface area contributed by atoms with Gasteiger partial charge >= 0.3 is 12.1 Å². The third-order valence-electron chi connectivity index (χ3n) is 2.00. The molecular formula is C11H8BrF3O2. The fourth-order valence-electron chi connectivity index (χ4n) is 1.23. The number of carboxylic acid groups (broad SMARTS) is 1. The zero-order valence-electron chi connectivity index (χ0n) is 8.46. The highest BCUT2D eigenvalue weighted by Crippen LogP contribution is 2.30. The summed E-state index contributed by atoms with van der Waals surface area (Å²) >= 11 is 3.10. The first-order valence-corrected chi connectivity index (χ1v) is 5.65. The number of benzene rings is 1. The van der Waals surface area contributed by atoms with E-state index in [1.807, 2.05) is 0 Å². The molecule has 0 saturated carbocycles. The second kappa shape index (κ2) is 5.35. The van der Waals surface area contributed by atoms with Crippen LogP contribution in [-0.4, -0.2) is 16.4 Å². The molecule has 1 N–H and O–H groups in total. The number of hydrogen-bond donors (Lipinski definition) is 1. The van der Waals surface area contributed by atoms with E-state index < -0.39 is 17.7 Å². The lowest BCUT2D eigenvalue weighted by atomic mass is 10.0. The number of halogens is 4. The van der Waals surface area contributed by atoms with E-state index in [-0.39, 0.29) is 11.1 Å². The van der Waals surface area contributed by atoms with Gasteiger partial charge in [-0.25, -0.2) is 4.79 Å². The van der Waals surface area contributed by atoms with Crippen LogP contribution in [0.25, 0.3) is 6.08 Å². The molecule has 0 saturated heterocycles. The summed E-state index contributed by atoms with van der Waals surface area (Å²) in [4.78, 5) is 10.9. The van der Waals surface area contributed by atoms with E-state index in [1.165, 1.54) is 6.08 Å². The number of carboxylic acids is 1. The van der Waals surface area contributed by atoms with Crippen LogP contribution >= 0.6 is 15.9 Å². The van der Waals surface area contributed by atoms with Crippen molar-refractivity contribution >= 4 is 28.0 Å². The van der Waals surface area contributed by atoms with Crippen molar-refractivity contribution in [2.24, 2.45) is 0 Å². The van der Waals surface area contributed by atoms with Crippen LogP contribution in [0.4, 0.5) is 13.2 Å². The molecule has 0 amide bonds. The lowest BCUT2D eigenvalue weighted by molar-refractivity contribution is -0.137. The average Bonchev–Trinajstić information content (AvgIpc) is 2.24. The first kappa shape index (κ1) is 13.8. The van der Waals surface area contributed by atoms with E-state index in [9.17, 15) is 18.0 Å². The Labute approximate surface area is 104 Å². The van der Waals surface area contributed by atoms with Crippen LogP contribution in [0, 0.1) is 0 Å². The maximum Gasteiger partial charge on any atom is 0.416 e. The number of rotatable bonds is 3. The lowest BCUT2D eigenvalue weighted by Crippen LogP contribution is -2.08. The molecule has 0 aliphatic rings. The Bertz CT molecular complexity index is 453. The summed E-state index contributed by atoms with van der Waals surface area (Å²) in [5.74, 6) is -1.38. The van der Waals surface area contributed by atoms with Gasteiger partial charge in [-0.1, -0.05) is 34.1 Å². The van der Waals surface area contributed by atoms with Crippen molar-refractivity contribution in [2.45, 2.75) is 6.18 Å². The molecule has 1 aromatic carbocycles. The van der Waals surface area contributed by atoms with E-state index in [2.05, 4.69) is 15.9 Å². The van der Waals surface area contributed by atoms with Gasteiger partial charge in [0.15, 0.2) is 0 Å². The van der Waals surface area contributed by atoms with E-state index >= 15 is 0 Å². The second-order valence-corrected chi connectivity index (χ2v) is 3.81. The number of alkyl halides is 4. The summed E-state index contributed by atoms with van der Waals surface area (Å²) in [6, 6.07) is 2.64. The van der Waals surface area contributed by atoms with Crippen LogP contribution in [0.2, 0.25) is 0 Å². The topological polar surface area (TPSA) is 37.3 Å². The average molecular weight is 309 g/mol. The predicted octanol–water partition coefficient (Wildman–Crippen LogP) is 3.81. The van der Waals surface area contributed by atoms with Gasteiger partial charge in [-0.15, -0.1) is 0 Å². The Morgan fingerprint density at radius 2 is 2.06 bits per heavy atom. The maximum atomic E-state index is 12.4. The standard InChI is InChI=1S/C11H8BrF3O2/c12-5-1-2-7-3-4-8(11(13,14)15)6-9(7)10(16)17/h1-4,6H,5H2,(H,16,17). The summed E-state index contributed by atoms with van der Waals surface area (Å²) in [6.45, 7) is 0. The molecule has 0 heterocycles. The molecule has 2 nitrogen and oxygen atoms in total. The molecule has 0 unspecified atom stereocenters. The molecule has 0 aliphatic heterocycles. The highest BCUT2D eigenvalue weighted by Gasteiger charge is 2.31. The summed E-state index contributed by atoms with van der Waals surface area (Å²) in [5, 5.41) is 9.34. The molecule has 0 aromatic heterocycles. The quantitative estimate of drug-likeness (QED) is 0.862. The molecule has 0 bridgehead atoms. The molecule has 0 radical (unpaired) electrons. The first-order chi connectivity index (χ1) is 7.86. The van der Waals surface area contributed by atoms with Gasteiger partial charge in [0.1, 0.15) is 0 Å². The Balaban J connectivity index is 3.27. The van der Waals surface area contributed by atoms with E-state index in [4.69, 9.17) is 5.11 Å². The molecule has 1 aromatic rings. The Hall–Kier alpha value is -1.30. The highest BCUT2D eigenvalue weighted by molar-refractivity contribution is 9.09. The summed E-state index contributed by atoms with van der Waals surface area (Å²) in [7, 11) is 0.